The largest absolute Gasteiger partial charge is 0.309 e. The van der Waals surface area contributed by atoms with Crippen molar-refractivity contribution < 1.29 is 9.18 Å². The molecule has 0 unspecified atom stereocenters. The van der Waals surface area contributed by atoms with Crippen LogP contribution in [-0.4, -0.2) is 25.5 Å². The quantitative estimate of drug-likeness (QED) is 0.804. The van der Waals surface area contributed by atoms with Gasteiger partial charge in [0.2, 0.25) is 5.91 Å². The van der Waals surface area contributed by atoms with E-state index in [0.29, 0.717) is 17.1 Å². The van der Waals surface area contributed by atoms with Crippen LogP contribution in [0.5, 0.6) is 0 Å². The van der Waals surface area contributed by atoms with Crippen molar-refractivity contribution in [3.8, 4) is 11.3 Å². The fourth-order valence-electron chi connectivity index (χ4n) is 2.32. The Bertz CT molecular complexity index is 852. The number of halogens is 1. The maximum absolute atomic E-state index is 13.7. The molecule has 0 aliphatic heterocycles. The fraction of sp³-hybridized carbons (Fsp3) is 0.188. The minimum Gasteiger partial charge on any atom is -0.309 e. The molecule has 0 fully saturated rings. The minimum absolute atomic E-state index is 0.0404. The SMILES string of the molecule is Cc1cc(NC(=O)Cn2ccc(-c3ccccc3F)n2)n(C)n1. The van der Waals surface area contributed by atoms with Crippen molar-refractivity contribution in [1.82, 2.24) is 19.6 Å². The highest BCUT2D eigenvalue weighted by atomic mass is 19.1. The summed E-state index contributed by atoms with van der Waals surface area (Å²) in [5, 5.41) is 11.2. The summed E-state index contributed by atoms with van der Waals surface area (Å²) in [6, 6.07) is 9.87. The standard InChI is InChI=1S/C16H16FN5O/c1-11-9-15(21(2)19-11)18-16(23)10-22-8-7-14(20-22)12-5-3-4-6-13(12)17/h3-9H,10H2,1-2H3,(H,18,23). The Kier molecular flexibility index (Phi) is 3.92. The first kappa shape index (κ1) is 15.0. The van der Waals surface area contributed by atoms with E-state index in [0.717, 1.165) is 5.69 Å². The van der Waals surface area contributed by atoms with E-state index in [1.165, 1.54) is 10.7 Å². The monoisotopic (exact) mass is 313 g/mol. The van der Waals surface area contributed by atoms with E-state index in [1.54, 1.807) is 48.3 Å². The Labute approximate surface area is 132 Å². The van der Waals surface area contributed by atoms with Gasteiger partial charge in [-0.15, -0.1) is 0 Å². The lowest BCUT2D eigenvalue weighted by Crippen LogP contribution is -2.20. The smallest absolute Gasteiger partial charge is 0.247 e. The van der Waals surface area contributed by atoms with Crippen LogP contribution in [0.2, 0.25) is 0 Å². The number of carbonyl (C=O) groups is 1. The molecule has 0 atom stereocenters. The third-order valence-electron chi connectivity index (χ3n) is 3.37. The average Bonchev–Trinajstić information content (AvgIpc) is 3.06. The molecule has 7 heteroatoms. The molecule has 3 rings (SSSR count). The molecular weight excluding hydrogens is 297 g/mol. The van der Waals surface area contributed by atoms with Crippen molar-refractivity contribution in [2.45, 2.75) is 13.5 Å². The number of carbonyl (C=O) groups excluding carboxylic acids is 1. The van der Waals surface area contributed by atoms with Gasteiger partial charge < -0.3 is 5.32 Å². The van der Waals surface area contributed by atoms with Crippen LogP contribution in [0.3, 0.4) is 0 Å². The maximum Gasteiger partial charge on any atom is 0.247 e. The number of nitrogens with zero attached hydrogens (tertiary/aromatic N) is 4. The average molecular weight is 313 g/mol. The van der Waals surface area contributed by atoms with Crippen LogP contribution < -0.4 is 5.32 Å². The van der Waals surface area contributed by atoms with Gasteiger partial charge in [-0.2, -0.15) is 10.2 Å². The van der Waals surface area contributed by atoms with Crippen molar-refractivity contribution in [2.24, 2.45) is 7.05 Å². The van der Waals surface area contributed by atoms with Gasteiger partial charge in [0, 0.05) is 24.9 Å². The summed E-state index contributed by atoms with van der Waals surface area (Å²) < 4.78 is 16.8. The number of anilines is 1. The molecule has 1 N–H and O–H groups in total. The Hall–Kier alpha value is -2.96. The molecule has 2 aromatic heterocycles. The van der Waals surface area contributed by atoms with Crippen LogP contribution in [0.15, 0.2) is 42.6 Å². The molecule has 2 heterocycles. The van der Waals surface area contributed by atoms with Crippen LogP contribution >= 0.6 is 0 Å². The predicted octanol–water partition coefficient (Wildman–Crippen LogP) is 2.37. The molecule has 0 saturated heterocycles. The number of aryl methyl sites for hydroxylation is 2. The van der Waals surface area contributed by atoms with E-state index in [2.05, 4.69) is 15.5 Å². The highest BCUT2D eigenvalue weighted by molar-refractivity contribution is 5.89. The minimum atomic E-state index is -0.340. The summed E-state index contributed by atoms with van der Waals surface area (Å²) in [5.41, 5.74) is 1.73. The Morgan fingerprint density at radius 1 is 1.26 bits per heavy atom. The molecule has 0 aliphatic rings. The van der Waals surface area contributed by atoms with Crippen LogP contribution in [0.4, 0.5) is 10.2 Å². The molecule has 6 nitrogen and oxygen atoms in total. The number of hydrogen-bond donors (Lipinski definition) is 1. The Morgan fingerprint density at radius 3 is 2.74 bits per heavy atom. The predicted molar refractivity (Wildman–Crippen MR) is 84.2 cm³/mol. The molecule has 0 saturated carbocycles. The lowest BCUT2D eigenvalue weighted by Gasteiger charge is -2.05. The van der Waals surface area contributed by atoms with E-state index < -0.39 is 0 Å². The van der Waals surface area contributed by atoms with Gasteiger partial charge in [0.15, 0.2) is 0 Å². The second-order valence-electron chi connectivity index (χ2n) is 5.22. The summed E-state index contributed by atoms with van der Waals surface area (Å²) in [6.45, 7) is 1.89. The first-order valence-corrected chi connectivity index (χ1v) is 7.12. The Balaban J connectivity index is 1.71. The van der Waals surface area contributed by atoms with Gasteiger partial charge in [-0.25, -0.2) is 4.39 Å². The zero-order chi connectivity index (χ0) is 16.4. The molecule has 0 aliphatic carbocycles. The van der Waals surface area contributed by atoms with Gasteiger partial charge in [0.25, 0.3) is 0 Å². The third kappa shape index (κ3) is 3.28. The summed E-state index contributed by atoms with van der Waals surface area (Å²) in [4.78, 5) is 12.1. The zero-order valence-corrected chi connectivity index (χ0v) is 12.8. The van der Waals surface area contributed by atoms with E-state index in [-0.39, 0.29) is 18.3 Å². The molecule has 0 bridgehead atoms. The summed E-state index contributed by atoms with van der Waals surface area (Å²) in [7, 11) is 1.76. The van der Waals surface area contributed by atoms with E-state index in [1.807, 2.05) is 6.92 Å². The van der Waals surface area contributed by atoms with Crippen LogP contribution in [0.1, 0.15) is 5.69 Å². The van der Waals surface area contributed by atoms with Gasteiger partial charge in [0.1, 0.15) is 18.2 Å². The van der Waals surface area contributed by atoms with Gasteiger partial charge in [-0.1, -0.05) is 12.1 Å². The number of benzene rings is 1. The van der Waals surface area contributed by atoms with Gasteiger partial charge in [-0.3, -0.25) is 14.2 Å². The normalized spacial score (nSPS) is 10.7. The summed E-state index contributed by atoms with van der Waals surface area (Å²) >= 11 is 0. The number of aromatic nitrogens is 4. The second kappa shape index (κ2) is 6.04. The highest BCUT2D eigenvalue weighted by Crippen LogP contribution is 2.20. The highest BCUT2D eigenvalue weighted by Gasteiger charge is 2.11. The van der Waals surface area contributed by atoms with Crippen molar-refractivity contribution in [3.63, 3.8) is 0 Å². The molecular formula is C16H16FN5O. The number of rotatable bonds is 4. The second-order valence-corrected chi connectivity index (χ2v) is 5.22. The molecule has 1 amide bonds. The summed E-state index contributed by atoms with van der Waals surface area (Å²) in [5.74, 6) is 0.0535. The van der Waals surface area contributed by atoms with Crippen LogP contribution in [0.25, 0.3) is 11.3 Å². The molecule has 0 spiro atoms. The first-order valence-electron chi connectivity index (χ1n) is 7.12. The van der Waals surface area contributed by atoms with Gasteiger partial charge in [0.05, 0.1) is 11.4 Å². The lowest BCUT2D eigenvalue weighted by molar-refractivity contribution is -0.116. The van der Waals surface area contributed by atoms with Crippen molar-refractivity contribution in [1.29, 1.82) is 0 Å². The third-order valence-corrected chi connectivity index (χ3v) is 3.37. The molecule has 3 aromatic rings. The lowest BCUT2D eigenvalue weighted by atomic mass is 10.1. The van der Waals surface area contributed by atoms with Crippen molar-refractivity contribution >= 4 is 11.7 Å². The summed E-state index contributed by atoms with van der Waals surface area (Å²) in [6.07, 6.45) is 1.65. The maximum atomic E-state index is 13.7. The van der Waals surface area contributed by atoms with E-state index in [9.17, 15) is 9.18 Å². The first-order chi connectivity index (χ1) is 11.0. The Morgan fingerprint density at radius 2 is 2.04 bits per heavy atom. The molecule has 23 heavy (non-hydrogen) atoms. The zero-order valence-electron chi connectivity index (χ0n) is 12.8. The number of amides is 1. The topological polar surface area (TPSA) is 64.7 Å². The van der Waals surface area contributed by atoms with Crippen molar-refractivity contribution in [3.05, 3.63) is 54.1 Å². The van der Waals surface area contributed by atoms with E-state index in [4.69, 9.17) is 0 Å². The van der Waals surface area contributed by atoms with Gasteiger partial charge >= 0.3 is 0 Å². The van der Waals surface area contributed by atoms with E-state index >= 15 is 0 Å². The molecule has 0 radical (unpaired) electrons. The van der Waals surface area contributed by atoms with Crippen LogP contribution in [0, 0.1) is 12.7 Å². The molecule has 1 aromatic carbocycles. The number of hydrogen-bond acceptors (Lipinski definition) is 3. The van der Waals surface area contributed by atoms with Gasteiger partial charge in [-0.05, 0) is 25.1 Å². The molecule has 118 valence electrons. The van der Waals surface area contributed by atoms with Crippen molar-refractivity contribution in [2.75, 3.05) is 5.32 Å². The van der Waals surface area contributed by atoms with Crippen LogP contribution in [-0.2, 0) is 18.4 Å². The fourth-order valence-corrected chi connectivity index (χ4v) is 2.32. The number of nitrogens with one attached hydrogen (secondary N) is 1.